The molecule has 0 unspecified atom stereocenters. The number of rotatable bonds is 7. The number of carbonyl (C=O) groups excluding carboxylic acids is 1. The van der Waals surface area contributed by atoms with Crippen molar-refractivity contribution in [3.63, 3.8) is 0 Å². The van der Waals surface area contributed by atoms with Crippen molar-refractivity contribution in [2.45, 2.75) is 6.92 Å². The number of anilines is 1. The molecule has 0 bridgehead atoms. The predicted octanol–water partition coefficient (Wildman–Crippen LogP) is 2.41. The number of amides is 1. The van der Waals surface area contributed by atoms with Crippen molar-refractivity contribution in [2.75, 3.05) is 31.0 Å². The highest BCUT2D eigenvalue weighted by molar-refractivity contribution is 9.10. The van der Waals surface area contributed by atoms with Gasteiger partial charge < -0.3 is 14.2 Å². The quantitative estimate of drug-likeness (QED) is 0.464. The minimum Gasteiger partial charge on any atom is -0.495 e. The van der Waals surface area contributed by atoms with E-state index in [2.05, 4.69) is 26.5 Å². The lowest BCUT2D eigenvalue weighted by Gasteiger charge is -2.23. The van der Waals surface area contributed by atoms with E-state index in [-0.39, 0.29) is 12.5 Å². The average molecular weight is 498 g/mol. The normalized spacial score (nSPS) is 12.8. The number of aryl methyl sites for hydroxylation is 1. The third-order valence-electron chi connectivity index (χ3n) is 4.18. The number of ether oxygens (including phenoxy) is 3. The predicted molar refractivity (Wildman–Crippen MR) is 116 cm³/mol. The number of fused-ring (bicyclic) bond motifs is 1. The molecule has 0 radical (unpaired) electrons. The fourth-order valence-electron chi connectivity index (χ4n) is 2.75. The zero-order valence-electron chi connectivity index (χ0n) is 16.5. The molecule has 1 aliphatic heterocycles. The molecule has 30 heavy (non-hydrogen) atoms. The van der Waals surface area contributed by atoms with Crippen LogP contribution >= 0.6 is 15.9 Å². The van der Waals surface area contributed by atoms with Crippen LogP contribution in [-0.2, 0) is 14.8 Å². The fraction of sp³-hybridized carbons (Fsp3) is 0.263. The number of methoxy groups -OCH3 is 1. The Morgan fingerprint density at radius 2 is 2.00 bits per heavy atom. The van der Waals surface area contributed by atoms with Gasteiger partial charge in [-0.2, -0.15) is 5.10 Å². The molecule has 3 rings (SSSR count). The molecule has 1 N–H and O–H groups in total. The van der Waals surface area contributed by atoms with Crippen LogP contribution in [0.4, 0.5) is 5.69 Å². The van der Waals surface area contributed by atoms with Gasteiger partial charge in [-0.05, 0) is 52.7 Å². The summed E-state index contributed by atoms with van der Waals surface area (Å²) in [6.45, 7) is 1.50. The number of nitrogens with one attached hydrogen (secondary N) is 1. The van der Waals surface area contributed by atoms with Gasteiger partial charge in [-0.3, -0.25) is 9.10 Å². The fourth-order valence-corrected chi connectivity index (χ4v) is 4.02. The first-order chi connectivity index (χ1) is 14.2. The Morgan fingerprint density at radius 3 is 2.67 bits per heavy atom. The molecule has 9 nitrogen and oxygen atoms in total. The molecular weight excluding hydrogens is 478 g/mol. The summed E-state index contributed by atoms with van der Waals surface area (Å²) < 4.78 is 42.2. The number of sulfonamides is 1. The second kappa shape index (κ2) is 8.92. The van der Waals surface area contributed by atoms with E-state index >= 15 is 0 Å². The monoisotopic (exact) mass is 497 g/mol. The first-order valence-corrected chi connectivity index (χ1v) is 11.4. The van der Waals surface area contributed by atoms with Crippen molar-refractivity contribution in [2.24, 2.45) is 5.10 Å². The highest BCUT2D eigenvalue weighted by atomic mass is 79.9. The Bertz CT molecular complexity index is 1100. The first-order valence-electron chi connectivity index (χ1n) is 8.72. The van der Waals surface area contributed by atoms with Crippen molar-refractivity contribution in [1.29, 1.82) is 0 Å². The van der Waals surface area contributed by atoms with E-state index in [0.717, 1.165) is 16.1 Å². The second-order valence-corrected chi connectivity index (χ2v) is 9.23. The van der Waals surface area contributed by atoms with Gasteiger partial charge in [-0.1, -0.05) is 6.07 Å². The van der Waals surface area contributed by atoms with Gasteiger partial charge in [0, 0.05) is 10.0 Å². The molecule has 0 saturated carbocycles. The number of hydrogen-bond donors (Lipinski definition) is 1. The molecule has 0 saturated heterocycles. The van der Waals surface area contributed by atoms with Crippen molar-refractivity contribution >= 4 is 43.8 Å². The van der Waals surface area contributed by atoms with Crippen molar-refractivity contribution < 1.29 is 27.4 Å². The number of carbonyl (C=O) groups is 1. The van der Waals surface area contributed by atoms with Crippen LogP contribution in [0.3, 0.4) is 0 Å². The number of hydrazone groups is 1. The van der Waals surface area contributed by atoms with Crippen LogP contribution in [-0.4, -0.2) is 47.2 Å². The third-order valence-corrected chi connectivity index (χ3v) is 5.99. The molecule has 0 atom stereocenters. The van der Waals surface area contributed by atoms with Crippen LogP contribution in [0.2, 0.25) is 0 Å². The number of nitrogens with zero attached hydrogens (tertiary/aromatic N) is 2. The van der Waals surface area contributed by atoms with Crippen LogP contribution in [0.15, 0.2) is 39.9 Å². The smallest absolute Gasteiger partial charge is 0.260 e. The summed E-state index contributed by atoms with van der Waals surface area (Å²) in [6.07, 6.45) is 2.44. The van der Waals surface area contributed by atoms with Gasteiger partial charge >= 0.3 is 0 Å². The maximum Gasteiger partial charge on any atom is 0.260 e. The minimum absolute atomic E-state index is 0.142. The highest BCUT2D eigenvalue weighted by Crippen LogP contribution is 2.36. The van der Waals surface area contributed by atoms with Crippen LogP contribution in [0.25, 0.3) is 0 Å². The number of halogens is 1. The van der Waals surface area contributed by atoms with Gasteiger partial charge in [0.05, 0.1) is 25.3 Å². The van der Waals surface area contributed by atoms with E-state index in [4.69, 9.17) is 14.2 Å². The van der Waals surface area contributed by atoms with Crippen molar-refractivity contribution in [1.82, 2.24) is 5.43 Å². The van der Waals surface area contributed by atoms with Crippen LogP contribution in [0.1, 0.15) is 11.1 Å². The highest BCUT2D eigenvalue weighted by Gasteiger charge is 2.24. The second-order valence-electron chi connectivity index (χ2n) is 6.47. The molecule has 1 aliphatic rings. The Labute approximate surface area is 182 Å². The molecule has 0 fully saturated rings. The first kappa shape index (κ1) is 21.9. The maximum atomic E-state index is 12.4. The Hall–Kier alpha value is -2.79. The lowest BCUT2D eigenvalue weighted by atomic mass is 10.2. The molecule has 11 heteroatoms. The van der Waals surface area contributed by atoms with Gasteiger partial charge in [0.15, 0.2) is 11.5 Å². The van der Waals surface area contributed by atoms with Gasteiger partial charge in [0.2, 0.25) is 16.8 Å². The third kappa shape index (κ3) is 5.03. The minimum atomic E-state index is -3.75. The summed E-state index contributed by atoms with van der Waals surface area (Å²) >= 11 is 3.40. The zero-order chi connectivity index (χ0) is 21.9. The molecule has 1 heterocycles. The van der Waals surface area contributed by atoms with E-state index in [1.165, 1.54) is 13.3 Å². The number of hydrogen-bond acceptors (Lipinski definition) is 7. The molecule has 2 aromatic carbocycles. The van der Waals surface area contributed by atoms with Crippen LogP contribution in [0.5, 0.6) is 17.2 Å². The SMILES string of the molecule is COc1ccc(C)cc1N(CC(=O)N/N=C\c1cc2c(cc1Br)OCO2)S(C)(=O)=O. The summed E-state index contributed by atoms with van der Waals surface area (Å²) in [7, 11) is -2.32. The van der Waals surface area contributed by atoms with Crippen LogP contribution in [0, 0.1) is 6.92 Å². The van der Waals surface area contributed by atoms with E-state index in [9.17, 15) is 13.2 Å². The van der Waals surface area contributed by atoms with Gasteiger partial charge in [0.25, 0.3) is 5.91 Å². The molecule has 2 aromatic rings. The Morgan fingerprint density at radius 1 is 1.30 bits per heavy atom. The molecular formula is C19H20BrN3O6S. The zero-order valence-corrected chi connectivity index (χ0v) is 18.9. The van der Waals surface area contributed by atoms with E-state index < -0.39 is 22.5 Å². The Kier molecular flexibility index (Phi) is 6.52. The van der Waals surface area contributed by atoms with E-state index in [1.54, 1.807) is 30.3 Å². The average Bonchev–Trinajstić information content (AvgIpc) is 3.12. The lowest BCUT2D eigenvalue weighted by Crippen LogP contribution is -2.39. The van der Waals surface area contributed by atoms with Crippen molar-refractivity contribution in [3.8, 4) is 17.2 Å². The molecule has 0 spiro atoms. The maximum absolute atomic E-state index is 12.4. The lowest BCUT2D eigenvalue weighted by molar-refractivity contribution is -0.119. The van der Waals surface area contributed by atoms with Gasteiger partial charge in [-0.25, -0.2) is 13.8 Å². The molecule has 160 valence electrons. The summed E-state index contributed by atoms with van der Waals surface area (Å²) in [6, 6.07) is 8.52. The molecule has 0 aliphatic carbocycles. The summed E-state index contributed by atoms with van der Waals surface area (Å²) in [5.74, 6) is 0.906. The largest absolute Gasteiger partial charge is 0.495 e. The summed E-state index contributed by atoms with van der Waals surface area (Å²) in [5.41, 5.74) is 4.09. The topological polar surface area (TPSA) is 107 Å². The number of benzene rings is 2. The van der Waals surface area contributed by atoms with Gasteiger partial charge in [-0.15, -0.1) is 0 Å². The van der Waals surface area contributed by atoms with E-state index in [0.29, 0.717) is 27.3 Å². The summed E-state index contributed by atoms with van der Waals surface area (Å²) in [5, 5.41) is 3.91. The molecule has 0 aromatic heterocycles. The molecule has 1 amide bonds. The van der Waals surface area contributed by atoms with E-state index in [1.807, 2.05) is 6.92 Å². The van der Waals surface area contributed by atoms with Crippen LogP contribution < -0.4 is 23.9 Å². The standard InChI is InChI=1S/C19H20BrN3O6S/c1-12-4-5-16(27-2)15(6-12)23(30(3,25)26)10-19(24)22-21-9-13-7-17-18(8-14(13)20)29-11-28-17/h4-9H,10-11H2,1-3H3,(H,22,24)/b21-9-. The van der Waals surface area contributed by atoms with Gasteiger partial charge in [0.1, 0.15) is 12.3 Å². The van der Waals surface area contributed by atoms with Crippen molar-refractivity contribution in [3.05, 3.63) is 45.9 Å². The Balaban J connectivity index is 1.75. The summed E-state index contributed by atoms with van der Waals surface area (Å²) in [4.78, 5) is 12.4.